The van der Waals surface area contributed by atoms with Crippen LogP contribution in [-0.4, -0.2) is 58.8 Å². The van der Waals surface area contributed by atoms with Gasteiger partial charge in [0.2, 0.25) is 0 Å². The molecule has 0 radical (unpaired) electrons. The number of imidazole rings is 1. The van der Waals surface area contributed by atoms with E-state index in [1.54, 1.807) is 0 Å². The van der Waals surface area contributed by atoms with Gasteiger partial charge >= 0.3 is 0 Å². The van der Waals surface area contributed by atoms with Gasteiger partial charge in [-0.05, 0) is 32.1 Å². The summed E-state index contributed by atoms with van der Waals surface area (Å²) in [5.41, 5.74) is 0.159. The van der Waals surface area contributed by atoms with Crippen LogP contribution in [0.3, 0.4) is 0 Å². The molecule has 0 bridgehead atoms. The predicted octanol–water partition coefficient (Wildman–Crippen LogP) is 3.55. The molecule has 28 heavy (non-hydrogen) atoms. The van der Waals surface area contributed by atoms with Gasteiger partial charge in [0.05, 0.1) is 18.5 Å². The molecule has 3 heterocycles. The van der Waals surface area contributed by atoms with Crippen LogP contribution in [0.15, 0.2) is 23.7 Å². The number of hydrogen-bond donors (Lipinski definition) is 1. The summed E-state index contributed by atoms with van der Waals surface area (Å²) in [6.45, 7) is 12.9. The van der Waals surface area contributed by atoms with Gasteiger partial charge in [-0.2, -0.15) is 0 Å². The number of hydrogen-bond acceptors (Lipinski definition) is 3. The minimum absolute atomic E-state index is 0. The number of halogens is 1. The van der Waals surface area contributed by atoms with Gasteiger partial charge in [0.15, 0.2) is 5.96 Å². The maximum Gasteiger partial charge on any atom is 0.194 e. The Morgan fingerprint density at radius 3 is 2.89 bits per heavy atom. The Morgan fingerprint density at radius 1 is 1.36 bits per heavy atom. The highest BCUT2D eigenvalue weighted by molar-refractivity contribution is 14.0. The number of likely N-dealkylation sites (tertiary alicyclic amines) is 1. The Balaban J connectivity index is 0.00000225. The van der Waals surface area contributed by atoms with E-state index >= 15 is 0 Å². The number of guanidine groups is 1. The van der Waals surface area contributed by atoms with Crippen molar-refractivity contribution in [3.05, 3.63) is 18.7 Å². The molecule has 0 spiro atoms. The van der Waals surface area contributed by atoms with E-state index in [2.05, 4.69) is 53.7 Å². The second-order valence-corrected chi connectivity index (χ2v) is 9.13. The lowest BCUT2D eigenvalue weighted by atomic mass is 9.55. The van der Waals surface area contributed by atoms with E-state index in [4.69, 9.17) is 9.73 Å². The fraction of sp³-hybridized carbons (Fsp3) is 0.810. The monoisotopic (exact) mass is 501 g/mol. The van der Waals surface area contributed by atoms with Crippen molar-refractivity contribution in [2.24, 2.45) is 22.2 Å². The second-order valence-electron chi connectivity index (χ2n) is 9.13. The Morgan fingerprint density at radius 2 is 2.18 bits per heavy atom. The molecule has 0 aromatic carbocycles. The Bertz CT molecular complexity index is 662. The van der Waals surface area contributed by atoms with Crippen molar-refractivity contribution >= 4 is 29.9 Å². The molecule has 4 rings (SSSR count). The average molecular weight is 501 g/mol. The maximum atomic E-state index is 6.09. The van der Waals surface area contributed by atoms with Crippen molar-refractivity contribution in [1.82, 2.24) is 19.8 Å². The topological polar surface area (TPSA) is 54.7 Å². The van der Waals surface area contributed by atoms with Gasteiger partial charge in [0.1, 0.15) is 0 Å². The summed E-state index contributed by atoms with van der Waals surface area (Å²) in [7, 11) is 0. The third-order valence-corrected chi connectivity index (χ3v) is 7.05. The van der Waals surface area contributed by atoms with Crippen LogP contribution in [0.5, 0.6) is 0 Å². The molecule has 158 valence electrons. The molecule has 1 N–H and O–H groups in total. The molecule has 0 amide bonds. The molecular weight excluding hydrogens is 465 g/mol. The van der Waals surface area contributed by atoms with E-state index in [-0.39, 0.29) is 29.4 Å². The number of ether oxygens (including phenoxy) is 1. The van der Waals surface area contributed by atoms with Crippen molar-refractivity contribution < 1.29 is 4.74 Å². The van der Waals surface area contributed by atoms with Crippen LogP contribution in [0.1, 0.15) is 53.0 Å². The third kappa shape index (κ3) is 3.93. The third-order valence-electron chi connectivity index (χ3n) is 7.05. The molecule has 5 unspecified atom stereocenters. The van der Waals surface area contributed by atoms with Crippen molar-refractivity contribution in [3.8, 4) is 0 Å². The molecule has 1 aromatic rings. The summed E-state index contributed by atoms with van der Waals surface area (Å²) in [5.74, 6) is 2.34. The summed E-state index contributed by atoms with van der Waals surface area (Å²) in [6, 6.07) is 0.893. The van der Waals surface area contributed by atoms with Gasteiger partial charge in [0.25, 0.3) is 0 Å². The molecule has 1 aliphatic carbocycles. The normalized spacial score (nSPS) is 34.8. The molecule has 1 aromatic heterocycles. The van der Waals surface area contributed by atoms with E-state index in [1.807, 2.05) is 12.5 Å². The van der Waals surface area contributed by atoms with Gasteiger partial charge < -0.3 is 19.5 Å². The van der Waals surface area contributed by atoms with E-state index in [0.717, 1.165) is 32.2 Å². The average Bonchev–Trinajstić information content (AvgIpc) is 3.20. The zero-order chi connectivity index (χ0) is 19.0. The first-order chi connectivity index (χ1) is 13.0. The summed E-state index contributed by atoms with van der Waals surface area (Å²) >= 11 is 0. The number of aromatic nitrogens is 2. The number of aliphatic imine (C=N–C) groups is 1. The Hall–Kier alpha value is -0.830. The van der Waals surface area contributed by atoms with Gasteiger partial charge in [-0.25, -0.2) is 4.98 Å². The van der Waals surface area contributed by atoms with Gasteiger partial charge in [0, 0.05) is 56.0 Å². The SMILES string of the molecule is CCN=C(NC1C2CCCOC2C1(C)C)N1CCC(C)C(n2ccnc2)C1.I. The molecule has 3 fully saturated rings. The molecule has 7 heteroatoms. The molecule has 1 saturated carbocycles. The zero-order valence-electron chi connectivity index (χ0n) is 17.7. The largest absolute Gasteiger partial charge is 0.377 e. The number of piperidine rings is 1. The summed E-state index contributed by atoms with van der Waals surface area (Å²) in [5, 5.41) is 3.87. The van der Waals surface area contributed by atoms with E-state index < -0.39 is 0 Å². The Kier molecular flexibility index (Phi) is 6.95. The van der Waals surface area contributed by atoms with Crippen LogP contribution in [0.4, 0.5) is 0 Å². The molecule has 2 aliphatic heterocycles. The lowest BCUT2D eigenvalue weighted by Crippen LogP contribution is -2.71. The first kappa shape index (κ1) is 21.9. The predicted molar refractivity (Wildman–Crippen MR) is 123 cm³/mol. The number of fused-ring (bicyclic) bond motifs is 1. The number of nitrogens with one attached hydrogen (secondary N) is 1. The van der Waals surface area contributed by atoms with Crippen LogP contribution in [0.25, 0.3) is 0 Å². The fourth-order valence-corrected chi connectivity index (χ4v) is 5.44. The van der Waals surface area contributed by atoms with Crippen molar-refractivity contribution in [3.63, 3.8) is 0 Å². The first-order valence-electron chi connectivity index (χ1n) is 10.7. The minimum Gasteiger partial charge on any atom is -0.377 e. The van der Waals surface area contributed by atoms with E-state index in [1.165, 1.54) is 19.3 Å². The quantitative estimate of drug-likeness (QED) is 0.391. The van der Waals surface area contributed by atoms with Gasteiger partial charge in [-0.15, -0.1) is 24.0 Å². The highest BCUT2D eigenvalue weighted by Gasteiger charge is 2.58. The molecule has 3 aliphatic rings. The summed E-state index contributed by atoms with van der Waals surface area (Å²) < 4.78 is 8.35. The summed E-state index contributed by atoms with van der Waals surface area (Å²) in [4.78, 5) is 11.6. The summed E-state index contributed by atoms with van der Waals surface area (Å²) in [6.07, 6.45) is 9.94. The zero-order valence-corrected chi connectivity index (χ0v) is 20.0. The van der Waals surface area contributed by atoms with Gasteiger partial charge in [-0.1, -0.05) is 20.8 Å². The second kappa shape index (κ2) is 8.90. The highest BCUT2D eigenvalue weighted by Crippen LogP contribution is 2.51. The van der Waals surface area contributed by atoms with Gasteiger partial charge in [-0.3, -0.25) is 4.99 Å². The molecule has 2 saturated heterocycles. The van der Waals surface area contributed by atoms with Crippen LogP contribution >= 0.6 is 24.0 Å². The molecule has 6 nitrogen and oxygen atoms in total. The first-order valence-corrected chi connectivity index (χ1v) is 10.7. The number of nitrogens with zero attached hydrogens (tertiary/aromatic N) is 4. The van der Waals surface area contributed by atoms with Crippen LogP contribution in [0.2, 0.25) is 0 Å². The van der Waals surface area contributed by atoms with Crippen molar-refractivity contribution in [2.45, 2.75) is 65.1 Å². The smallest absolute Gasteiger partial charge is 0.194 e. The standard InChI is InChI=1S/C21H35N5O.HI/c1-5-23-20(24-18-16-7-6-12-27-19(16)21(18,3)4)25-10-8-15(2)17(13-25)26-11-9-22-14-26;/h9,11,14-19H,5-8,10,12-13H2,1-4H3,(H,23,24);1H. The lowest BCUT2D eigenvalue weighted by molar-refractivity contribution is -0.188. The highest BCUT2D eigenvalue weighted by atomic mass is 127. The van der Waals surface area contributed by atoms with E-state index in [0.29, 0.717) is 30.0 Å². The minimum atomic E-state index is 0. The Labute approximate surface area is 186 Å². The molecule has 5 atom stereocenters. The van der Waals surface area contributed by atoms with Crippen molar-refractivity contribution in [2.75, 3.05) is 26.2 Å². The van der Waals surface area contributed by atoms with E-state index in [9.17, 15) is 0 Å². The number of rotatable bonds is 3. The van der Waals surface area contributed by atoms with Crippen LogP contribution in [0, 0.1) is 17.3 Å². The lowest BCUT2D eigenvalue weighted by Gasteiger charge is -2.60. The maximum absolute atomic E-state index is 6.09. The van der Waals surface area contributed by atoms with Crippen LogP contribution < -0.4 is 5.32 Å². The van der Waals surface area contributed by atoms with Crippen molar-refractivity contribution in [1.29, 1.82) is 0 Å². The fourth-order valence-electron chi connectivity index (χ4n) is 5.44. The van der Waals surface area contributed by atoms with Crippen LogP contribution in [-0.2, 0) is 4.74 Å². The molecular formula is C21H36IN5O.